The van der Waals surface area contributed by atoms with Crippen LogP contribution < -0.4 is 5.32 Å². The van der Waals surface area contributed by atoms with Crippen molar-refractivity contribution >= 4 is 22.9 Å². The molecule has 0 spiro atoms. The van der Waals surface area contributed by atoms with Crippen LogP contribution in [-0.2, 0) is 11.2 Å². The lowest BCUT2D eigenvalue weighted by Gasteiger charge is -2.07. The lowest BCUT2D eigenvalue weighted by atomic mass is 10.0. The van der Waals surface area contributed by atoms with Gasteiger partial charge in [0, 0.05) is 16.6 Å². The second kappa shape index (κ2) is 7.62. The first kappa shape index (κ1) is 17.4. The maximum absolute atomic E-state index is 12.3. The molecule has 0 aliphatic carbocycles. The summed E-state index contributed by atoms with van der Waals surface area (Å²) < 4.78 is 0. The Bertz CT molecular complexity index is 866. The minimum Gasteiger partial charge on any atom is -0.325 e. The Morgan fingerprint density at radius 1 is 1.12 bits per heavy atom. The number of thiazole rings is 1. The van der Waals surface area contributed by atoms with E-state index in [9.17, 15) is 4.79 Å². The summed E-state index contributed by atoms with van der Waals surface area (Å²) in [6.45, 7) is 6.35. The highest BCUT2D eigenvalue weighted by Gasteiger charge is 2.10. The summed E-state index contributed by atoms with van der Waals surface area (Å²) in [6.07, 6.45) is 0.295. The number of rotatable bonds is 5. The molecule has 1 heterocycles. The smallest absolute Gasteiger partial charge is 0.231 e. The van der Waals surface area contributed by atoms with Crippen LogP contribution in [0.15, 0.2) is 53.9 Å². The molecule has 1 N–H and O–H groups in total. The number of benzene rings is 2. The number of carbonyl (C=O) groups excluding carboxylic acids is 1. The van der Waals surface area contributed by atoms with Crippen molar-refractivity contribution in [1.29, 1.82) is 0 Å². The van der Waals surface area contributed by atoms with E-state index in [1.54, 1.807) is 0 Å². The minimum atomic E-state index is -0.0367. The maximum Gasteiger partial charge on any atom is 0.231 e. The van der Waals surface area contributed by atoms with Crippen molar-refractivity contribution in [2.24, 2.45) is 0 Å². The van der Waals surface area contributed by atoms with E-state index in [1.807, 2.05) is 36.6 Å². The summed E-state index contributed by atoms with van der Waals surface area (Å²) in [5.74, 6) is 0.482. The third kappa shape index (κ3) is 4.34. The van der Waals surface area contributed by atoms with Crippen LogP contribution in [0.5, 0.6) is 0 Å². The van der Waals surface area contributed by atoms with E-state index in [2.05, 4.69) is 48.4 Å². The zero-order valence-corrected chi connectivity index (χ0v) is 15.6. The van der Waals surface area contributed by atoms with E-state index in [1.165, 1.54) is 16.9 Å². The summed E-state index contributed by atoms with van der Waals surface area (Å²) >= 11 is 1.53. The molecular formula is C21H22N2OS. The van der Waals surface area contributed by atoms with Gasteiger partial charge in [-0.3, -0.25) is 4.79 Å². The Labute approximate surface area is 152 Å². The van der Waals surface area contributed by atoms with Crippen LogP contribution >= 0.6 is 11.3 Å². The van der Waals surface area contributed by atoms with Crippen LogP contribution in [0.4, 0.5) is 5.69 Å². The van der Waals surface area contributed by atoms with Crippen LogP contribution in [0.2, 0.25) is 0 Å². The normalized spacial score (nSPS) is 10.9. The fraction of sp³-hybridized carbons (Fsp3) is 0.238. The zero-order valence-electron chi connectivity index (χ0n) is 14.7. The molecule has 0 unspecified atom stereocenters. The van der Waals surface area contributed by atoms with E-state index < -0.39 is 0 Å². The first-order valence-corrected chi connectivity index (χ1v) is 9.31. The van der Waals surface area contributed by atoms with Crippen molar-refractivity contribution in [2.45, 2.75) is 33.1 Å². The summed E-state index contributed by atoms with van der Waals surface area (Å²) in [7, 11) is 0. The maximum atomic E-state index is 12.3. The predicted molar refractivity (Wildman–Crippen MR) is 105 cm³/mol. The van der Waals surface area contributed by atoms with E-state index in [-0.39, 0.29) is 5.91 Å². The van der Waals surface area contributed by atoms with Gasteiger partial charge in [0.25, 0.3) is 0 Å². The number of nitrogens with zero attached hydrogens (tertiary/aromatic N) is 1. The molecular weight excluding hydrogens is 328 g/mol. The third-order valence-corrected chi connectivity index (χ3v) is 5.00. The van der Waals surface area contributed by atoms with Crippen LogP contribution in [0, 0.1) is 6.92 Å². The van der Waals surface area contributed by atoms with Crippen molar-refractivity contribution < 1.29 is 4.79 Å². The molecule has 0 saturated carbocycles. The van der Waals surface area contributed by atoms with Crippen molar-refractivity contribution in [3.05, 3.63) is 70.0 Å². The number of aromatic nitrogens is 1. The average Bonchev–Trinajstić information content (AvgIpc) is 3.05. The van der Waals surface area contributed by atoms with Crippen molar-refractivity contribution in [2.75, 3.05) is 5.32 Å². The van der Waals surface area contributed by atoms with Crippen molar-refractivity contribution in [1.82, 2.24) is 4.98 Å². The molecule has 0 aliphatic rings. The third-order valence-electron chi connectivity index (χ3n) is 4.16. The molecule has 0 fully saturated rings. The highest BCUT2D eigenvalue weighted by Crippen LogP contribution is 2.25. The fourth-order valence-electron chi connectivity index (χ4n) is 2.61. The number of nitrogens with one attached hydrogen (secondary N) is 1. The molecule has 2 aromatic carbocycles. The molecule has 1 amide bonds. The van der Waals surface area contributed by atoms with E-state index in [0.29, 0.717) is 12.3 Å². The van der Waals surface area contributed by atoms with Crippen LogP contribution in [0.3, 0.4) is 0 Å². The Kier molecular flexibility index (Phi) is 5.29. The quantitative estimate of drug-likeness (QED) is 0.667. The Hall–Kier alpha value is -2.46. The molecule has 128 valence electrons. The summed E-state index contributed by atoms with van der Waals surface area (Å²) in [4.78, 5) is 16.9. The fourth-order valence-corrected chi connectivity index (χ4v) is 3.41. The number of para-hydroxylation sites is 1. The largest absolute Gasteiger partial charge is 0.325 e. The minimum absolute atomic E-state index is 0.0367. The topological polar surface area (TPSA) is 42.0 Å². The van der Waals surface area contributed by atoms with Gasteiger partial charge in [-0.2, -0.15) is 0 Å². The van der Waals surface area contributed by atoms with Gasteiger partial charge in [0.05, 0.1) is 12.1 Å². The number of carbonyl (C=O) groups is 1. The summed E-state index contributed by atoms with van der Waals surface area (Å²) in [5, 5.41) is 5.80. The number of hydrogen-bond acceptors (Lipinski definition) is 3. The number of amides is 1. The molecule has 1 aromatic heterocycles. The van der Waals surface area contributed by atoms with Crippen LogP contribution in [0.25, 0.3) is 11.3 Å². The molecule has 0 bridgehead atoms. The van der Waals surface area contributed by atoms with Crippen molar-refractivity contribution in [3.8, 4) is 11.3 Å². The van der Waals surface area contributed by atoms with Gasteiger partial charge in [0.2, 0.25) is 5.91 Å². The second-order valence-corrected chi connectivity index (χ2v) is 7.39. The van der Waals surface area contributed by atoms with Gasteiger partial charge >= 0.3 is 0 Å². The molecule has 0 radical (unpaired) electrons. The number of aryl methyl sites for hydroxylation is 1. The van der Waals surface area contributed by atoms with Crippen molar-refractivity contribution in [3.63, 3.8) is 0 Å². The standard InChI is InChI=1S/C21H22N2OS/c1-14(2)16-8-10-17(11-9-16)19-13-25-21(23-19)12-20(24)22-18-7-5-4-6-15(18)3/h4-11,13-14H,12H2,1-3H3,(H,22,24). The first-order valence-electron chi connectivity index (χ1n) is 8.43. The Morgan fingerprint density at radius 3 is 2.52 bits per heavy atom. The highest BCUT2D eigenvalue weighted by atomic mass is 32.1. The average molecular weight is 350 g/mol. The molecule has 0 atom stereocenters. The molecule has 0 aliphatic heterocycles. The number of hydrogen-bond donors (Lipinski definition) is 1. The highest BCUT2D eigenvalue weighted by molar-refractivity contribution is 7.10. The lowest BCUT2D eigenvalue weighted by molar-refractivity contribution is -0.115. The van der Waals surface area contributed by atoms with Gasteiger partial charge in [-0.15, -0.1) is 11.3 Å². The molecule has 3 rings (SSSR count). The molecule has 4 heteroatoms. The lowest BCUT2D eigenvalue weighted by Crippen LogP contribution is -2.14. The van der Waals surface area contributed by atoms with Gasteiger partial charge in [-0.25, -0.2) is 4.98 Å². The summed E-state index contributed by atoms with van der Waals surface area (Å²) in [6, 6.07) is 16.3. The van der Waals surface area contributed by atoms with E-state index in [0.717, 1.165) is 27.5 Å². The molecule has 25 heavy (non-hydrogen) atoms. The molecule has 3 nitrogen and oxygen atoms in total. The molecule has 0 saturated heterocycles. The first-order chi connectivity index (χ1) is 12.0. The SMILES string of the molecule is Cc1ccccc1NC(=O)Cc1nc(-c2ccc(C(C)C)cc2)cs1. The van der Waals surface area contributed by atoms with Gasteiger partial charge in [0.15, 0.2) is 0 Å². The van der Waals surface area contributed by atoms with Crippen LogP contribution in [0.1, 0.15) is 35.9 Å². The van der Waals surface area contributed by atoms with Gasteiger partial charge < -0.3 is 5.32 Å². The zero-order chi connectivity index (χ0) is 17.8. The van der Waals surface area contributed by atoms with E-state index >= 15 is 0 Å². The summed E-state index contributed by atoms with van der Waals surface area (Å²) in [5.41, 5.74) is 5.25. The van der Waals surface area contributed by atoms with Gasteiger partial charge in [-0.1, -0.05) is 56.3 Å². The number of anilines is 1. The predicted octanol–water partition coefficient (Wildman–Crippen LogP) is 5.42. The molecule has 3 aromatic rings. The monoisotopic (exact) mass is 350 g/mol. The Balaban J connectivity index is 1.67. The van der Waals surface area contributed by atoms with Crippen LogP contribution in [-0.4, -0.2) is 10.9 Å². The van der Waals surface area contributed by atoms with Gasteiger partial charge in [-0.05, 0) is 30.0 Å². The second-order valence-electron chi connectivity index (χ2n) is 6.44. The van der Waals surface area contributed by atoms with E-state index in [4.69, 9.17) is 0 Å². The van der Waals surface area contributed by atoms with Gasteiger partial charge in [0.1, 0.15) is 5.01 Å². The Morgan fingerprint density at radius 2 is 1.84 bits per heavy atom.